The minimum Gasteiger partial charge on any atom is -0.381 e. The van der Waals surface area contributed by atoms with Gasteiger partial charge in [0.1, 0.15) is 4.90 Å². The number of nitriles is 1. The number of aryl methyl sites for hydroxylation is 1. The molecule has 0 aromatic carbocycles. The van der Waals surface area contributed by atoms with E-state index in [0.717, 1.165) is 10.7 Å². The number of nitrogens with zero attached hydrogens (tertiary/aromatic N) is 4. The number of sulfonamides is 1. The maximum Gasteiger partial charge on any atom is 0.248 e. The summed E-state index contributed by atoms with van der Waals surface area (Å²) in [6.45, 7) is 4.36. The monoisotopic (exact) mass is 285 g/mol. The highest BCUT2D eigenvalue weighted by Gasteiger charge is 2.27. The van der Waals surface area contributed by atoms with Gasteiger partial charge >= 0.3 is 0 Å². The Bertz CT molecular complexity index is 572. The van der Waals surface area contributed by atoms with E-state index in [1.54, 1.807) is 6.92 Å². The van der Waals surface area contributed by atoms with Crippen molar-refractivity contribution >= 4 is 15.8 Å². The Balaban J connectivity index is 3.03. The van der Waals surface area contributed by atoms with Crippen LogP contribution in [0.25, 0.3) is 0 Å². The second-order valence-corrected chi connectivity index (χ2v) is 6.47. The molecular formula is C11H19N5O2S. The molecular weight excluding hydrogens is 266 g/mol. The molecule has 1 aromatic rings. The summed E-state index contributed by atoms with van der Waals surface area (Å²) in [4.78, 5) is -0.00594. The van der Waals surface area contributed by atoms with E-state index in [1.807, 2.05) is 13.0 Å². The Morgan fingerprint density at radius 1 is 1.63 bits per heavy atom. The minimum absolute atomic E-state index is 0.00594. The number of rotatable bonds is 6. The molecule has 0 aliphatic carbocycles. The third kappa shape index (κ3) is 3.45. The minimum atomic E-state index is -3.70. The van der Waals surface area contributed by atoms with Gasteiger partial charge in [-0.1, -0.05) is 6.92 Å². The van der Waals surface area contributed by atoms with Crippen molar-refractivity contribution in [1.29, 1.82) is 5.26 Å². The molecule has 0 aliphatic heterocycles. The molecule has 8 heteroatoms. The molecule has 0 bridgehead atoms. The lowest BCUT2D eigenvalue weighted by molar-refractivity contribution is 0.439. The average Bonchev–Trinajstić information content (AvgIpc) is 2.71. The molecule has 0 saturated heterocycles. The molecule has 0 aliphatic rings. The number of hydrogen-bond acceptors (Lipinski definition) is 5. The van der Waals surface area contributed by atoms with Crippen LogP contribution >= 0.6 is 0 Å². The fraction of sp³-hybridized carbons (Fsp3) is 0.636. The predicted octanol–water partition coefficient (Wildman–Crippen LogP) is 0.655. The maximum atomic E-state index is 12.3. The normalized spacial score (nSPS) is 13.4. The van der Waals surface area contributed by atoms with Crippen LogP contribution in [0.5, 0.6) is 0 Å². The van der Waals surface area contributed by atoms with Crippen molar-refractivity contribution in [3.05, 3.63) is 6.20 Å². The number of aromatic nitrogens is 2. The molecule has 0 spiro atoms. The Kier molecular flexibility index (Phi) is 4.91. The quantitative estimate of drug-likeness (QED) is 0.826. The first-order chi connectivity index (χ1) is 8.82. The molecule has 19 heavy (non-hydrogen) atoms. The summed E-state index contributed by atoms with van der Waals surface area (Å²) in [7, 11) is -2.27. The molecule has 7 nitrogen and oxygen atoms in total. The van der Waals surface area contributed by atoms with E-state index in [9.17, 15) is 8.42 Å². The molecule has 1 rings (SSSR count). The van der Waals surface area contributed by atoms with E-state index < -0.39 is 10.0 Å². The molecule has 2 N–H and O–H groups in total. The van der Waals surface area contributed by atoms with Gasteiger partial charge in [0.05, 0.1) is 12.0 Å². The summed E-state index contributed by atoms with van der Waals surface area (Å²) >= 11 is 0. The van der Waals surface area contributed by atoms with Crippen molar-refractivity contribution < 1.29 is 8.42 Å². The second kappa shape index (κ2) is 6.04. The predicted molar refractivity (Wildman–Crippen MR) is 71.5 cm³/mol. The SMILES string of the molecule is CCCn1cc(S(=O)(=O)N(C)CC(C)C#N)c(N)n1. The first-order valence-corrected chi connectivity index (χ1v) is 7.45. The van der Waals surface area contributed by atoms with Crippen molar-refractivity contribution in [3.63, 3.8) is 0 Å². The van der Waals surface area contributed by atoms with Crippen LogP contribution in [0.4, 0.5) is 5.82 Å². The van der Waals surface area contributed by atoms with Crippen molar-refractivity contribution in [2.75, 3.05) is 19.3 Å². The fourth-order valence-electron chi connectivity index (χ4n) is 1.65. The van der Waals surface area contributed by atoms with E-state index in [0.29, 0.717) is 6.54 Å². The molecule has 1 unspecified atom stereocenters. The smallest absolute Gasteiger partial charge is 0.248 e. The van der Waals surface area contributed by atoms with E-state index in [1.165, 1.54) is 17.9 Å². The van der Waals surface area contributed by atoms with Gasteiger partial charge < -0.3 is 5.73 Å². The summed E-state index contributed by atoms with van der Waals surface area (Å²) in [5.74, 6) is -0.392. The second-order valence-electron chi connectivity index (χ2n) is 4.46. The zero-order valence-corrected chi connectivity index (χ0v) is 12.2. The zero-order valence-electron chi connectivity index (χ0n) is 11.4. The van der Waals surface area contributed by atoms with Crippen LogP contribution in [0.1, 0.15) is 20.3 Å². The molecule has 0 saturated carbocycles. The average molecular weight is 285 g/mol. The van der Waals surface area contributed by atoms with Crippen molar-refractivity contribution in [3.8, 4) is 6.07 Å². The van der Waals surface area contributed by atoms with E-state index in [4.69, 9.17) is 11.0 Å². The summed E-state index contributed by atoms with van der Waals surface area (Å²) in [5.41, 5.74) is 5.66. The van der Waals surface area contributed by atoms with Gasteiger partial charge in [0, 0.05) is 26.3 Å². The van der Waals surface area contributed by atoms with E-state index in [2.05, 4.69) is 5.10 Å². The fourth-order valence-corrected chi connectivity index (χ4v) is 2.97. The third-order valence-corrected chi connectivity index (χ3v) is 4.49. The third-order valence-electron chi connectivity index (χ3n) is 2.65. The number of anilines is 1. The highest BCUT2D eigenvalue weighted by Crippen LogP contribution is 2.21. The van der Waals surface area contributed by atoms with Gasteiger partial charge in [-0.3, -0.25) is 4.68 Å². The highest BCUT2D eigenvalue weighted by atomic mass is 32.2. The summed E-state index contributed by atoms with van der Waals surface area (Å²) in [6, 6.07) is 2.00. The van der Waals surface area contributed by atoms with Gasteiger partial charge in [-0.25, -0.2) is 8.42 Å². The molecule has 1 atom stereocenters. The van der Waals surface area contributed by atoms with Crippen molar-refractivity contribution in [2.24, 2.45) is 5.92 Å². The van der Waals surface area contributed by atoms with Gasteiger partial charge in [0.2, 0.25) is 10.0 Å². The summed E-state index contributed by atoms with van der Waals surface area (Å²) in [6.07, 6.45) is 2.27. The van der Waals surface area contributed by atoms with Gasteiger partial charge in [-0.2, -0.15) is 14.7 Å². The summed E-state index contributed by atoms with van der Waals surface area (Å²) < 4.78 is 27.3. The number of nitrogen functional groups attached to an aromatic ring is 1. The molecule has 1 aromatic heterocycles. The molecule has 106 valence electrons. The van der Waals surface area contributed by atoms with Gasteiger partial charge in [0.25, 0.3) is 0 Å². The molecule has 1 heterocycles. The van der Waals surface area contributed by atoms with Gasteiger partial charge in [-0.15, -0.1) is 0 Å². The topological polar surface area (TPSA) is 105 Å². The lowest BCUT2D eigenvalue weighted by atomic mass is 10.2. The van der Waals surface area contributed by atoms with Crippen LogP contribution in [-0.2, 0) is 16.6 Å². The molecule has 0 radical (unpaired) electrons. The van der Waals surface area contributed by atoms with Crippen LogP contribution < -0.4 is 5.73 Å². The lowest BCUT2D eigenvalue weighted by Crippen LogP contribution is -2.31. The lowest BCUT2D eigenvalue weighted by Gasteiger charge is -2.17. The Hall–Kier alpha value is -1.59. The molecule has 0 fully saturated rings. The Morgan fingerprint density at radius 3 is 2.79 bits per heavy atom. The standard InChI is InChI=1S/C11H19N5O2S/c1-4-5-16-8-10(11(13)14-16)19(17,18)15(3)7-9(2)6-12/h8-9H,4-5,7H2,1-3H3,(H2,13,14). The first-order valence-electron chi connectivity index (χ1n) is 6.01. The largest absolute Gasteiger partial charge is 0.381 e. The van der Waals surface area contributed by atoms with E-state index >= 15 is 0 Å². The van der Waals surface area contributed by atoms with Gasteiger partial charge in [-0.05, 0) is 13.3 Å². The maximum absolute atomic E-state index is 12.3. The van der Waals surface area contributed by atoms with Crippen LogP contribution in [0, 0.1) is 17.2 Å². The van der Waals surface area contributed by atoms with Gasteiger partial charge in [0.15, 0.2) is 5.82 Å². The Morgan fingerprint density at radius 2 is 2.26 bits per heavy atom. The van der Waals surface area contributed by atoms with Crippen LogP contribution in [0.15, 0.2) is 11.1 Å². The highest BCUT2D eigenvalue weighted by molar-refractivity contribution is 7.89. The Labute approximate surface area is 113 Å². The first kappa shape index (κ1) is 15.5. The van der Waals surface area contributed by atoms with Crippen molar-refractivity contribution in [1.82, 2.24) is 14.1 Å². The van der Waals surface area contributed by atoms with Crippen molar-refractivity contribution in [2.45, 2.75) is 31.7 Å². The van der Waals surface area contributed by atoms with Crippen LogP contribution in [0.2, 0.25) is 0 Å². The van der Waals surface area contributed by atoms with E-state index in [-0.39, 0.29) is 23.2 Å². The van der Waals surface area contributed by atoms with Crippen LogP contribution in [-0.4, -0.2) is 36.1 Å². The molecule has 0 amide bonds. The number of hydrogen-bond donors (Lipinski definition) is 1. The summed E-state index contributed by atoms with van der Waals surface area (Å²) in [5, 5.41) is 12.7. The van der Waals surface area contributed by atoms with Crippen LogP contribution in [0.3, 0.4) is 0 Å². The number of nitrogens with two attached hydrogens (primary N) is 1. The zero-order chi connectivity index (χ0) is 14.6.